The normalized spacial score (nSPS) is 10.7. The maximum atomic E-state index is 12.9. The van der Waals surface area contributed by atoms with Crippen LogP contribution >= 0.6 is 0 Å². The minimum Gasteiger partial charge on any atom is -0.473 e. The first kappa shape index (κ1) is 21.3. The van der Waals surface area contributed by atoms with Gasteiger partial charge in [-0.05, 0) is 23.6 Å². The highest BCUT2D eigenvalue weighted by Gasteiger charge is 2.17. The summed E-state index contributed by atoms with van der Waals surface area (Å²) in [5, 5.41) is 7.45. The first-order chi connectivity index (χ1) is 15.7. The zero-order chi connectivity index (χ0) is 22.2. The van der Waals surface area contributed by atoms with Crippen LogP contribution < -0.4 is 10.1 Å². The lowest BCUT2D eigenvalue weighted by atomic mass is 10.1. The number of rotatable bonds is 9. The topological polar surface area (TPSA) is 69.0 Å². The number of hydrogen-bond donors (Lipinski definition) is 1. The monoisotopic (exact) mass is 426 g/mol. The van der Waals surface area contributed by atoms with E-state index in [-0.39, 0.29) is 5.91 Å². The van der Waals surface area contributed by atoms with Gasteiger partial charge in [-0.15, -0.1) is 0 Å². The summed E-state index contributed by atoms with van der Waals surface area (Å²) >= 11 is 0. The number of hydrogen-bond acceptors (Lipinski definition) is 4. The fraction of sp³-hybridized carbons (Fsp3) is 0.192. The summed E-state index contributed by atoms with van der Waals surface area (Å²) in [6.45, 7) is 3.41. The van der Waals surface area contributed by atoms with Crippen molar-refractivity contribution >= 4 is 5.91 Å². The molecule has 4 rings (SSSR count). The van der Waals surface area contributed by atoms with E-state index in [1.807, 2.05) is 72.3 Å². The van der Waals surface area contributed by atoms with Crippen molar-refractivity contribution in [2.75, 3.05) is 0 Å². The van der Waals surface area contributed by atoms with Crippen molar-refractivity contribution in [3.63, 3.8) is 0 Å². The molecule has 0 spiro atoms. The number of amides is 1. The van der Waals surface area contributed by atoms with E-state index in [2.05, 4.69) is 27.5 Å². The Morgan fingerprint density at radius 3 is 2.41 bits per heavy atom. The van der Waals surface area contributed by atoms with E-state index in [1.165, 1.54) is 0 Å². The number of nitrogens with zero attached hydrogens (tertiary/aromatic N) is 3. The molecule has 2 heterocycles. The highest BCUT2D eigenvalue weighted by molar-refractivity contribution is 5.95. The molecule has 6 nitrogen and oxygen atoms in total. The highest BCUT2D eigenvalue weighted by Crippen LogP contribution is 2.17. The highest BCUT2D eigenvalue weighted by atomic mass is 16.5. The van der Waals surface area contributed by atoms with Crippen molar-refractivity contribution in [3.8, 4) is 5.88 Å². The molecule has 1 amide bonds. The second-order valence-electron chi connectivity index (χ2n) is 7.43. The Bertz CT molecular complexity index is 1160. The Hall–Kier alpha value is -3.93. The van der Waals surface area contributed by atoms with Gasteiger partial charge < -0.3 is 10.1 Å². The van der Waals surface area contributed by atoms with Gasteiger partial charge in [-0.3, -0.25) is 9.48 Å². The molecule has 32 heavy (non-hydrogen) atoms. The third-order valence-electron chi connectivity index (χ3n) is 5.21. The zero-order valence-corrected chi connectivity index (χ0v) is 18.1. The summed E-state index contributed by atoms with van der Waals surface area (Å²) in [7, 11) is 0. The van der Waals surface area contributed by atoms with Crippen LogP contribution in [0.2, 0.25) is 0 Å². The molecule has 0 radical (unpaired) electrons. The molecule has 4 aromatic rings. The number of carbonyl (C=O) groups excluding carboxylic acids is 1. The molecular weight excluding hydrogens is 400 g/mol. The lowest BCUT2D eigenvalue weighted by Crippen LogP contribution is -2.24. The van der Waals surface area contributed by atoms with Crippen molar-refractivity contribution in [3.05, 3.63) is 113 Å². The van der Waals surface area contributed by atoms with Crippen LogP contribution in [0.4, 0.5) is 0 Å². The van der Waals surface area contributed by atoms with Gasteiger partial charge in [0.05, 0.1) is 24.0 Å². The van der Waals surface area contributed by atoms with Crippen LogP contribution in [-0.2, 0) is 26.1 Å². The van der Waals surface area contributed by atoms with E-state index in [1.54, 1.807) is 12.4 Å². The summed E-state index contributed by atoms with van der Waals surface area (Å²) in [5.41, 5.74) is 4.54. The van der Waals surface area contributed by atoms with Crippen molar-refractivity contribution in [2.24, 2.45) is 0 Å². The van der Waals surface area contributed by atoms with Crippen LogP contribution in [0, 0.1) is 0 Å². The summed E-state index contributed by atoms with van der Waals surface area (Å²) in [6, 6.07) is 23.8. The molecule has 0 aliphatic rings. The molecule has 0 saturated heterocycles. The van der Waals surface area contributed by atoms with E-state index in [0.29, 0.717) is 37.6 Å². The third-order valence-corrected chi connectivity index (χ3v) is 5.21. The summed E-state index contributed by atoms with van der Waals surface area (Å²) < 4.78 is 7.79. The quantitative estimate of drug-likeness (QED) is 0.431. The van der Waals surface area contributed by atoms with Crippen LogP contribution in [0.15, 0.2) is 85.2 Å². The van der Waals surface area contributed by atoms with E-state index >= 15 is 0 Å². The predicted molar refractivity (Wildman–Crippen MR) is 123 cm³/mol. The van der Waals surface area contributed by atoms with Crippen molar-refractivity contribution in [1.82, 2.24) is 20.1 Å². The SMILES string of the molecule is CCc1c(C(=O)NCc2cccnc2OCc2ccccc2)cnn1Cc1ccccc1. The second kappa shape index (κ2) is 10.4. The van der Waals surface area contributed by atoms with Gasteiger partial charge in [-0.2, -0.15) is 5.10 Å². The van der Waals surface area contributed by atoms with E-state index in [0.717, 1.165) is 22.4 Å². The average Bonchev–Trinajstić information content (AvgIpc) is 3.25. The van der Waals surface area contributed by atoms with E-state index in [9.17, 15) is 4.79 Å². The Labute approximate surface area is 187 Å². The van der Waals surface area contributed by atoms with Crippen LogP contribution in [0.25, 0.3) is 0 Å². The zero-order valence-electron chi connectivity index (χ0n) is 18.1. The van der Waals surface area contributed by atoms with Crippen molar-refractivity contribution in [2.45, 2.75) is 33.0 Å². The summed E-state index contributed by atoms with van der Waals surface area (Å²) in [5.74, 6) is 0.367. The number of aromatic nitrogens is 3. The summed E-state index contributed by atoms with van der Waals surface area (Å²) in [6.07, 6.45) is 4.05. The van der Waals surface area contributed by atoms with Gasteiger partial charge >= 0.3 is 0 Å². The molecule has 162 valence electrons. The maximum absolute atomic E-state index is 12.9. The molecule has 6 heteroatoms. The minimum absolute atomic E-state index is 0.154. The Kier molecular flexibility index (Phi) is 6.92. The average molecular weight is 427 g/mol. The lowest BCUT2D eigenvalue weighted by molar-refractivity contribution is 0.0949. The minimum atomic E-state index is -0.154. The van der Waals surface area contributed by atoms with Gasteiger partial charge in [0.1, 0.15) is 6.61 Å². The predicted octanol–water partition coefficient (Wildman–Crippen LogP) is 4.40. The first-order valence-corrected chi connectivity index (χ1v) is 10.7. The molecule has 0 unspecified atom stereocenters. The molecule has 0 atom stereocenters. The second-order valence-corrected chi connectivity index (χ2v) is 7.43. The molecule has 0 aliphatic heterocycles. The van der Waals surface area contributed by atoms with Gasteiger partial charge in [0.25, 0.3) is 5.91 Å². The molecule has 2 aromatic carbocycles. The molecule has 0 saturated carbocycles. The molecule has 1 N–H and O–H groups in total. The molecule has 0 fully saturated rings. The molecule has 0 aliphatic carbocycles. The molecular formula is C26H26N4O2. The number of nitrogens with one attached hydrogen (secondary N) is 1. The third kappa shape index (κ3) is 5.21. The van der Waals surface area contributed by atoms with Crippen molar-refractivity contribution < 1.29 is 9.53 Å². The fourth-order valence-corrected chi connectivity index (χ4v) is 3.55. The van der Waals surface area contributed by atoms with E-state index < -0.39 is 0 Å². The standard InChI is InChI=1S/C26H26N4O2/c1-2-24-23(17-29-30(24)18-20-10-5-3-6-11-20)25(31)28-16-22-14-9-15-27-26(22)32-19-21-12-7-4-8-13-21/h3-15,17H,2,16,18-19H2,1H3,(H,28,31). The van der Waals surface area contributed by atoms with Crippen LogP contribution in [0.1, 0.15) is 39.7 Å². The molecule has 2 aromatic heterocycles. The largest absolute Gasteiger partial charge is 0.473 e. The van der Waals surface area contributed by atoms with Gasteiger partial charge in [0, 0.05) is 18.3 Å². The maximum Gasteiger partial charge on any atom is 0.255 e. The number of ether oxygens (including phenoxy) is 1. The van der Waals surface area contributed by atoms with E-state index in [4.69, 9.17) is 4.74 Å². The van der Waals surface area contributed by atoms with Gasteiger partial charge in [0.2, 0.25) is 5.88 Å². The Morgan fingerprint density at radius 2 is 1.69 bits per heavy atom. The van der Waals surface area contributed by atoms with Crippen LogP contribution in [-0.4, -0.2) is 20.7 Å². The van der Waals surface area contributed by atoms with Gasteiger partial charge in [-0.1, -0.05) is 73.7 Å². The first-order valence-electron chi connectivity index (χ1n) is 10.7. The smallest absolute Gasteiger partial charge is 0.255 e. The number of pyridine rings is 1. The van der Waals surface area contributed by atoms with Crippen LogP contribution in [0.3, 0.4) is 0 Å². The summed E-state index contributed by atoms with van der Waals surface area (Å²) in [4.78, 5) is 17.3. The van der Waals surface area contributed by atoms with Gasteiger partial charge in [-0.25, -0.2) is 4.98 Å². The van der Waals surface area contributed by atoms with Crippen LogP contribution in [0.5, 0.6) is 5.88 Å². The Morgan fingerprint density at radius 1 is 0.969 bits per heavy atom. The number of benzene rings is 2. The number of carbonyl (C=O) groups is 1. The Balaban J connectivity index is 1.42. The van der Waals surface area contributed by atoms with Crippen molar-refractivity contribution in [1.29, 1.82) is 0 Å². The van der Waals surface area contributed by atoms with Gasteiger partial charge in [0.15, 0.2) is 0 Å². The molecule has 0 bridgehead atoms. The lowest BCUT2D eigenvalue weighted by Gasteiger charge is -2.12. The fourth-order valence-electron chi connectivity index (χ4n) is 3.55.